The Morgan fingerprint density at radius 2 is 2.00 bits per heavy atom. The van der Waals surface area contributed by atoms with E-state index in [9.17, 15) is 9.59 Å². The fourth-order valence-electron chi connectivity index (χ4n) is 3.45. The van der Waals surface area contributed by atoms with Gasteiger partial charge in [-0.2, -0.15) is 0 Å². The topological polar surface area (TPSA) is 90.1 Å². The van der Waals surface area contributed by atoms with Gasteiger partial charge in [0.1, 0.15) is 5.82 Å². The highest BCUT2D eigenvalue weighted by Gasteiger charge is 2.22. The Balaban J connectivity index is 1.46. The molecule has 144 valence electrons. The summed E-state index contributed by atoms with van der Waals surface area (Å²) in [5.74, 6) is 0.794. The van der Waals surface area contributed by atoms with Crippen molar-refractivity contribution in [1.82, 2.24) is 20.2 Å². The third kappa shape index (κ3) is 3.89. The largest absolute Gasteiger partial charge is 0.349 e. The lowest BCUT2D eigenvalue weighted by Gasteiger charge is -2.11. The van der Waals surface area contributed by atoms with E-state index in [1.165, 1.54) is 0 Å². The molecule has 0 aliphatic carbocycles. The predicted octanol–water partition coefficient (Wildman–Crippen LogP) is 2.83. The number of H-pyrrole nitrogens is 1. The SMILES string of the molecule is CN(C)Cc1nc2ccc(NC(=O)c3ccc(C4CCC(=O)N4)cc3)cc2[nH]1. The highest BCUT2D eigenvalue weighted by molar-refractivity contribution is 6.05. The van der Waals surface area contributed by atoms with E-state index in [4.69, 9.17) is 0 Å². The van der Waals surface area contributed by atoms with Crippen molar-refractivity contribution in [3.63, 3.8) is 0 Å². The van der Waals surface area contributed by atoms with Crippen molar-refractivity contribution in [3.8, 4) is 0 Å². The van der Waals surface area contributed by atoms with Crippen molar-refractivity contribution in [2.24, 2.45) is 0 Å². The molecule has 1 fully saturated rings. The number of carbonyl (C=O) groups excluding carboxylic acids is 2. The molecule has 1 aliphatic heterocycles. The summed E-state index contributed by atoms with van der Waals surface area (Å²) in [6.45, 7) is 0.726. The predicted molar refractivity (Wildman–Crippen MR) is 108 cm³/mol. The van der Waals surface area contributed by atoms with Crippen LogP contribution in [0.5, 0.6) is 0 Å². The number of amides is 2. The van der Waals surface area contributed by atoms with Crippen molar-refractivity contribution in [3.05, 3.63) is 59.4 Å². The Kier molecular flexibility index (Phi) is 4.83. The average Bonchev–Trinajstić information content (AvgIpc) is 3.26. The van der Waals surface area contributed by atoms with Gasteiger partial charge in [0.2, 0.25) is 5.91 Å². The first-order valence-electron chi connectivity index (χ1n) is 9.32. The maximum atomic E-state index is 12.6. The second-order valence-electron chi connectivity index (χ2n) is 7.39. The number of carbonyl (C=O) groups is 2. The zero-order valence-electron chi connectivity index (χ0n) is 16.0. The zero-order chi connectivity index (χ0) is 19.7. The lowest BCUT2D eigenvalue weighted by molar-refractivity contribution is -0.119. The quantitative estimate of drug-likeness (QED) is 0.638. The molecule has 0 spiro atoms. The van der Waals surface area contributed by atoms with E-state index in [0.29, 0.717) is 17.7 Å². The molecule has 4 rings (SSSR count). The van der Waals surface area contributed by atoms with E-state index in [-0.39, 0.29) is 17.9 Å². The molecule has 1 atom stereocenters. The molecular formula is C21H23N5O2. The number of benzene rings is 2. The second-order valence-corrected chi connectivity index (χ2v) is 7.39. The molecule has 2 aromatic carbocycles. The summed E-state index contributed by atoms with van der Waals surface area (Å²) in [6, 6.07) is 13.1. The molecule has 2 heterocycles. The number of hydrogen-bond donors (Lipinski definition) is 3. The van der Waals surface area contributed by atoms with Crippen LogP contribution in [-0.2, 0) is 11.3 Å². The molecule has 1 aliphatic rings. The lowest BCUT2D eigenvalue weighted by atomic mass is 10.0. The highest BCUT2D eigenvalue weighted by atomic mass is 16.2. The first-order valence-corrected chi connectivity index (χ1v) is 9.32. The number of nitrogens with one attached hydrogen (secondary N) is 3. The Bertz CT molecular complexity index is 1020. The van der Waals surface area contributed by atoms with Gasteiger partial charge in [-0.15, -0.1) is 0 Å². The van der Waals surface area contributed by atoms with E-state index in [0.717, 1.165) is 35.4 Å². The molecule has 3 N–H and O–H groups in total. The zero-order valence-corrected chi connectivity index (χ0v) is 16.0. The Hall–Kier alpha value is -3.19. The van der Waals surface area contributed by atoms with Gasteiger partial charge in [-0.3, -0.25) is 9.59 Å². The Labute approximate surface area is 163 Å². The average molecular weight is 377 g/mol. The van der Waals surface area contributed by atoms with Crippen molar-refractivity contribution in [1.29, 1.82) is 0 Å². The molecule has 2 amide bonds. The van der Waals surface area contributed by atoms with Crippen molar-refractivity contribution >= 4 is 28.5 Å². The molecule has 3 aromatic rings. The van der Waals surface area contributed by atoms with Crippen LogP contribution >= 0.6 is 0 Å². The maximum absolute atomic E-state index is 12.6. The molecular weight excluding hydrogens is 354 g/mol. The van der Waals surface area contributed by atoms with Crippen LogP contribution < -0.4 is 10.6 Å². The van der Waals surface area contributed by atoms with Gasteiger partial charge >= 0.3 is 0 Å². The molecule has 7 heteroatoms. The summed E-state index contributed by atoms with van der Waals surface area (Å²) in [4.78, 5) is 33.8. The number of nitrogens with zero attached hydrogens (tertiary/aromatic N) is 2. The third-order valence-corrected chi connectivity index (χ3v) is 4.83. The summed E-state index contributed by atoms with van der Waals surface area (Å²) < 4.78 is 0. The van der Waals surface area contributed by atoms with E-state index < -0.39 is 0 Å². The summed E-state index contributed by atoms with van der Waals surface area (Å²) in [6.07, 6.45) is 1.35. The first-order chi connectivity index (χ1) is 13.5. The van der Waals surface area contributed by atoms with Gasteiger partial charge in [-0.05, 0) is 56.4 Å². The second kappa shape index (κ2) is 7.44. The van der Waals surface area contributed by atoms with Gasteiger partial charge in [0.15, 0.2) is 0 Å². The maximum Gasteiger partial charge on any atom is 0.255 e. The van der Waals surface area contributed by atoms with Gasteiger partial charge in [0.05, 0.1) is 23.6 Å². The first kappa shape index (κ1) is 18.2. The summed E-state index contributed by atoms with van der Waals surface area (Å²) in [7, 11) is 3.98. The van der Waals surface area contributed by atoms with Gasteiger partial charge in [-0.25, -0.2) is 4.98 Å². The summed E-state index contributed by atoms with van der Waals surface area (Å²) in [5, 5.41) is 5.87. The smallest absolute Gasteiger partial charge is 0.255 e. The molecule has 0 radical (unpaired) electrons. The van der Waals surface area contributed by atoms with Gasteiger partial charge in [0, 0.05) is 17.7 Å². The van der Waals surface area contributed by atoms with Crippen LogP contribution in [0.4, 0.5) is 5.69 Å². The fraction of sp³-hybridized carbons (Fsp3) is 0.286. The standard InChI is InChI=1S/C21H23N5O2/c1-26(2)12-19-23-17-8-7-15(11-18(17)24-19)22-21(28)14-5-3-13(4-6-14)16-9-10-20(27)25-16/h3-8,11,16H,9-10,12H2,1-2H3,(H,22,28)(H,23,24)(H,25,27). The number of fused-ring (bicyclic) bond motifs is 1. The van der Waals surface area contributed by atoms with Crippen molar-refractivity contribution < 1.29 is 9.59 Å². The third-order valence-electron chi connectivity index (χ3n) is 4.83. The number of hydrogen-bond acceptors (Lipinski definition) is 4. The van der Waals surface area contributed by atoms with Gasteiger partial charge < -0.3 is 20.5 Å². The number of rotatable bonds is 5. The minimum absolute atomic E-state index is 0.0451. The van der Waals surface area contributed by atoms with E-state index in [1.54, 1.807) is 12.1 Å². The number of aromatic nitrogens is 2. The molecule has 0 bridgehead atoms. The number of anilines is 1. The Morgan fingerprint density at radius 1 is 1.21 bits per heavy atom. The fourth-order valence-corrected chi connectivity index (χ4v) is 3.45. The van der Waals surface area contributed by atoms with E-state index in [2.05, 4.69) is 20.6 Å². The van der Waals surface area contributed by atoms with Crippen LogP contribution in [0.25, 0.3) is 11.0 Å². The number of imidazole rings is 1. The summed E-state index contributed by atoms with van der Waals surface area (Å²) in [5.41, 5.74) is 4.07. The van der Waals surface area contributed by atoms with Gasteiger partial charge in [-0.1, -0.05) is 12.1 Å². The van der Waals surface area contributed by atoms with E-state index >= 15 is 0 Å². The number of aromatic amines is 1. The molecule has 1 saturated heterocycles. The van der Waals surface area contributed by atoms with Crippen LogP contribution in [0.3, 0.4) is 0 Å². The van der Waals surface area contributed by atoms with Crippen LogP contribution in [0, 0.1) is 0 Å². The summed E-state index contributed by atoms with van der Waals surface area (Å²) >= 11 is 0. The minimum atomic E-state index is -0.172. The van der Waals surface area contributed by atoms with Crippen LogP contribution in [0.2, 0.25) is 0 Å². The molecule has 0 saturated carbocycles. The molecule has 1 unspecified atom stereocenters. The van der Waals surface area contributed by atoms with Crippen LogP contribution in [0.15, 0.2) is 42.5 Å². The highest BCUT2D eigenvalue weighted by Crippen LogP contribution is 2.24. The molecule has 1 aromatic heterocycles. The van der Waals surface area contributed by atoms with E-state index in [1.807, 2.05) is 49.3 Å². The van der Waals surface area contributed by atoms with Crippen molar-refractivity contribution in [2.75, 3.05) is 19.4 Å². The van der Waals surface area contributed by atoms with Crippen LogP contribution in [0.1, 0.15) is 40.6 Å². The van der Waals surface area contributed by atoms with Crippen LogP contribution in [-0.4, -0.2) is 40.8 Å². The molecule has 28 heavy (non-hydrogen) atoms. The lowest BCUT2D eigenvalue weighted by Crippen LogP contribution is -2.18. The monoisotopic (exact) mass is 377 g/mol. The Morgan fingerprint density at radius 3 is 2.68 bits per heavy atom. The molecule has 7 nitrogen and oxygen atoms in total. The van der Waals surface area contributed by atoms with Gasteiger partial charge in [0.25, 0.3) is 5.91 Å². The van der Waals surface area contributed by atoms with Crippen molar-refractivity contribution in [2.45, 2.75) is 25.4 Å². The minimum Gasteiger partial charge on any atom is -0.349 e. The normalized spacial score (nSPS) is 16.5.